The predicted molar refractivity (Wildman–Crippen MR) is 101 cm³/mol. The van der Waals surface area contributed by atoms with E-state index in [-0.39, 0.29) is 11.5 Å². The van der Waals surface area contributed by atoms with Crippen LogP contribution in [0.15, 0.2) is 53.3 Å². The van der Waals surface area contributed by atoms with Crippen molar-refractivity contribution < 1.29 is 0 Å². The van der Waals surface area contributed by atoms with Gasteiger partial charge in [-0.2, -0.15) is 0 Å². The van der Waals surface area contributed by atoms with Crippen molar-refractivity contribution in [2.24, 2.45) is 5.73 Å². The van der Waals surface area contributed by atoms with Gasteiger partial charge in [-0.25, -0.2) is 4.98 Å². The number of guanidine groups is 1. The molecule has 128 valence electrons. The fraction of sp³-hybridized carbons (Fsp3) is 0.211. The SMILES string of the molecule is CCCCc1nc2ccccc2c(=O)n1-c1ccc(NC(=N)N)cc1. The fourth-order valence-electron chi connectivity index (χ4n) is 2.80. The molecule has 0 bridgehead atoms. The molecule has 0 saturated heterocycles. The van der Waals surface area contributed by atoms with Gasteiger partial charge in [0.25, 0.3) is 5.56 Å². The van der Waals surface area contributed by atoms with Crippen LogP contribution in [-0.4, -0.2) is 15.5 Å². The van der Waals surface area contributed by atoms with Crippen LogP contribution in [0.1, 0.15) is 25.6 Å². The number of hydrogen-bond acceptors (Lipinski definition) is 3. The number of aromatic nitrogens is 2. The lowest BCUT2D eigenvalue weighted by Gasteiger charge is -2.14. The maximum absolute atomic E-state index is 13.0. The summed E-state index contributed by atoms with van der Waals surface area (Å²) in [5.41, 5.74) is 7.46. The molecule has 3 rings (SSSR count). The van der Waals surface area contributed by atoms with Crippen molar-refractivity contribution in [2.45, 2.75) is 26.2 Å². The number of unbranched alkanes of at least 4 members (excludes halogenated alkanes) is 1. The van der Waals surface area contributed by atoms with Crippen molar-refractivity contribution in [1.82, 2.24) is 9.55 Å². The van der Waals surface area contributed by atoms with Gasteiger partial charge in [-0.3, -0.25) is 14.8 Å². The molecule has 4 N–H and O–H groups in total. The van der Waals surface area contributed by atoms with Gasteiger partial charge in [-0.15, -0.1) is 0 Å². The monoisotopic (exact) mass is 335 g/mol. The summed E-state index contributed by atoms with van der Waals surface area (Å²) in [5.74, 6) is 0.638. The van der Waals surface area contributed by atoms with Crippen LogP contribution in [-0.2, 0) is 6.42 Å². The Morgan fingerprint density at radius 1 is 1.20 bits per heavy atom. The molecule has 0 aliphatic carbocycles. The highest BCUT2D eigenvalue weighted by Crippen LogP contribution is 2.17. The summed E-state index contributed by atoms with van der Waals surface area (Å²) in [6.45, 7) is 2.12. The molecule has 2 aromatic carbocycles. The van der Waals surface area contributed by atoms with E-state index in [1.165, 1.54) is 0 Å². The number of rotatable bonds is 5. The van der Waals surface area contributed by atoms with Gasteiger partial charge in [0, 0.05) is 12.1 Å². The largest absolute Gasteiger partial charge is 0.370 e. The number of para-hydroxylation sites is 1. The number of nitrogens with two attached hydrogens (primary N) is 1. The third-order valence-electron chi connectivity index (χ3n) is 4.00. The highest BCUT2D eigenvalue weighted by molar-refractivity contribution is 5.89. The first kappa shape index (κ1) is 16.7. The minimum Gasteiger partial charge on any atom is -0.370 e. The third-order valence-corrected chi connectivity index (χ3v) is 4.00. The number of fused-ring (bicyclic) bond motifs is 1. The first-order valence-electron chi connectivity index (χ1n) is 8.32. The molecule has 0 fully saturated rings. The van der Waals surface area contributed by atoms with E-state index in [9.17, 15) is 4.79 Å². The van der Waals surface area contributed by atoms with Gasteiger partial charge in [-0.1, -0.05) is 25.5 Å². The molecule has 0 spiro atoms. The number of anilines is 1. The summed E-state index contributed by atoms with van der Waals surface area (Å²) >= 11 is 0. The molecule has 0 atom stereocenters. The summed E-state index contributed by atoms with van der Waals surface area (Å²) in [7, 11) is 0. The third kappa shape index (κ3) is 3.52. The average molecular weight is 335 g/mol. The van der Waals surface area contributed by atoms with Crippen LogP contribution in [0.2, 0.25) is 0 Å². The van der Waals surface area contributed by atoms with E-state index in [0.717, 1.165) is 36.3 Å². The smallest absolute Gasteiger partial charge is 0.265 e. The zero-order valence-electron chi connectivity index (χ0n) is 14.1. The van der Waals surface area contributed by atoms with Crippen molar-refractivity contribution in [3.8, 4) is 5.69 Å². The Balaban J connectivity index is 2.14. The lowest BCUT2D eigenvalue weighted by Crippen LogP contribution is -2.24. The first-order chi connectivity index (χ1) is 12.1. The van der Waals surface area contributed by atoms with Crippen molar-refractivity contribution in [3.63, 3.8) is 0 Å². The lowest BCUT2D eigenvalue weighted by molar-refractivity contribution is 0.720. The molecular weight excluding hydrogens is 314 g/mol. The Bertz CT molecular complexity index is 960. The number of hydrogen-bond donors (Lipinski definition) is 3. The van der Waals surface area contributed by atoms with Crippen LogP contribution in [0.4, 0.5) is 5.69 Å². The van der Waals surface area contributed by atoms with Gasteiger partial charge >= 0.3 is 0 Å². The first-order valence-corrected chi connectivity index (χ1v) is 8.32. The molecule has 0 saturated carbocycles. The highest BCUT2D eigenvalue weighted by Gasteiger charge is 2.12. The molecule has 1 aromatic heterocycles. The Morgan fingerprint density at radius 2 is 1.92 bits per heavy atom. The number of nitrogens with zero attached hydrogens (tertiary/aromatic N) is 2. The topological polar surface area (TPSA) is 96.8 Å². The van der Waals surface area contributed by atoms with Crippen LogP contribution in [0.25, 0.3) is 16.6 Å². The molecule has 25 heavy (non-hydrogen) atoms. The normalized spacial score (nSPS) is 10.8. The van der Waals surface area contributed by atoms with Gasteiger partial charge in [0.05, 0.1) is 16.6 Å². The van der Waals surface area contributed by atoms with Crippen molar-refractivity contribution in [2.75, 3.05) is 5.32 Å². The van der Waals surface area contributed by atoms with Crippen LogP contribution in [0.3, 0.4) is 0 Å². The molecular formula is C19H21N5O. The standard InChI is InChI=1S/C19H21N5O/c1-2-3-8-17-23-16-7-5-4-6-15(16)18(25)24(17)14-11-9-13(10-12-14)22-19(20)21/h4-7,9-12H,2-3,8H2,1H3,(H4,20,21,22). The number of benzene rings is 2. The Hall–Kier alpha value is -3.15. The molecule has 0 unspecified atom stereocenters. The summed E-state index contributed by atoms with van der Waals surface area (Å²) in [4.78, 5) is 17.7. The van der Waals surface area contributed by atoms with E-state index in [1.807, 2.05) is 30.3 Å². The zero-order chi connectivity index (χ0) is 17.8. The lowest BCUT2D eigenvalue weighted by atomic mass is 10.2. The molecule has 6 nitrogen and oxygen atoms in total. The summed E-state index contributed by atoms with van der Waals surface area (Å²) in [6, 6.07) is 14.7. The second kappa shape index (κ2) is 7.17. The van der Waals surface area contributed by atoms with Crippen LogP contribution >= 0.6 is 0 Å². The van der Waals surface area contributed by atoms with Crippen molar-refractivity contribution in [3.05, 3.63) is 64.7 Å². The quantitative estimate of drug-likeness (QED) is 0.493. The van der Waals surface area contributed by atoms with E-state index in [2.05, 4.69) is 12.2 Å². The molecule has 0 aliphatic heterocycles. The molecule has 0 aliphatic rings. The van der Waals surface area contributed by atoms with Gasteiger partial charge in [0.15, 0.2) is 5.96 Å². The second-order valence-electron chi connectivity index (χ2n) is 5.87. The minimum atomic E-state index is -0.124. The van der Waals surface area contributed by atoms with Crippen LogP contribution in [0, 0.1) is 5.41 Å². The van der Waals surface area contributed by atoms with Crippen molar-refractivity contribution in [1.29, 1.82) is 5.41 Å². The number of aryl methyl sites for hydroxylation is 1. The summed E-state index contributed by atoms with van der Waals surface area (Å²) in [6.07, 6.45) is 2.74. The van der Waals surface area contributed by atoms with Gasteiger partial charge < -0.3 is 11.1 Å². The second-order valence-corrected chi connectivity index (χ2v) is 5.87. The zero-order valence-corrected chi connectivity index (χ0v) is 14.1. The predicted octanol–water partition coefficient (Wildman–Crippen LogP) is 3.03. The van der Waals surface area contributed by atoms with E-state index in [1.54, 1.807) is 22.8 Å². The van der Waals surface area contributed by atoms with Crippen molar-refractivity contribution >= 4 is 22.5 Å². The van der Waals surface area contributed by atoms with Crippen LogP contribution in [0.5, 0.6) is 0 Å². The van der Waals surface area contributed by atoms with Gasteiger partial charge in [0.1, 0.15) is 5.82 Å². The maximum Gasteiger partial charge on any atom is 0.265 e. The molecule has 1 heterocycles. The van der Waals surface area contributed by atoms with E-state index in [0.29, 0.717) is 11.1 Å². The van der Waals surface area contributed by atoms with E-state index < -0.39 is 0 Å². The summed E-state index contributed by atoms with van der Waals surface area (Å²) in [5, 5.41) is 10.6. The molecule has 6 heteroatoms. The Labute approximate surface area is 145 Å². The minimum absolute atomic E-state index is 0.0658. The molecule has 3 aromatic rings. The maximum atomic E-state index is 13.0. The summed E-state index contributed by atoms with van der Waals surface area (Å²) < 4.78 is 1.68. The van der Waals surface area contributed by atoms with Crippen LogP contribution < -0.4 is 16.6 Å². The molecule has 0 radical (unpaired) electrons. The molecule has 0 amide bonds. The average Bonchev–Trinajstić information content (AvgIpc) is 2.60. The van der Waals surface area contributed by atoms with Gasteiger partial charge in [0.2, 0.25) is 0 Å². The van der Waals surface area contributed by atoms with Gasteiger partial charge in [-0.05, 0) is 42.8 Å². The highest BCUT2D eigenvalue weighted by atomic mass is 16.1. The fourth-order valence-corrected chi connectivity index (χ4v) is 2.80. The number of nitrogens with one attached hydrogen (secondary N) is 2. The Morgan fingerprint density at radius 3 is 2.60 bits per heavy atom. The van der Waals surface area contributed by atoms with E-state index >= 15 is 0 Å². The van der Waals surface area contributed by atoms with E-state index in [4.69, 9.17) is 16.1 Å². The Kier molecular flexibility index (Phi) is 4.79.